The monoisotopic (exact) mass is 287 g/mol. The van der Waals surface area contributed by atoms with Gasteiger partial charge < -0.3 is 10.1 Å². The fourth-order valence-electron chi connectivity index (χ4n) is 2.31. The van der Waals surface area contributed by atoms with Gasteiger partial charge >= 0.3 is 0 Å². The van der Waals surface area contributed by atoms with Crippen LogP contribution >= 0.6 is 0 Å². The molecule has 1 aromatic heterocycles. The molecular formula is C17H25N3O. The van der Waals surface area contributed by atoms with Crippen molar-refractivity contribution in [1.82, 2.24) is 15.1 Å². The van der Waals surface area contributed by atoms with Crippen molar-refractivity contribution < 1.29 is 4.74 Å². The molecule has 0 spiro atoms. The van der Waals surface area contributed by atoms with E-state index in [-0.39, 0.29) is 0 Å². The smallest absolute Gasteiger partial charge is 0.222 e. The zero-order valence-electron chi connectivity index (χ0n) is 13.6. The van der Waals surface area contributed by atoms with Crippen molar-refractivity contribution in [3.8, 4) is 11.6 Å². The Balaban J connectivity index is 2.28. The highest BCUT2D eigenvalue weighted by atomic mass is 16.5. The number of rotatable bonds is 6. The van der Waals surface area contributed by atoms with Crippen LogP contribution in [0.15, 0.2) is 24.3 Å². The number of hydrogen-bond acceptors (Lipinski definition) is 3. The number of nitrogens with one attached hydrogen (secondary N) is 1. The molecule has 0 aliphatic rings. The topological polar surface area (TPSA) is 39.1 Å². The molecule has 1 aromatic carbocycles. The van der Waals surface area contributed by atoms with Gasteiger partial charge in [0.2, 0.25) is 5.88 Å². The molecule has 0 aliphatic heterocycles. The van der Waals surface area contributed by atoms with Gasteiger partial charge in [0.15, 0.2) is 0 Å². The first kappa shape index (κ1) is 15.6. The van der Waals surface area contributed by atoms with Crippen LogP contribution < -0.4 is 10.1 Å². The molecule has 0 bridgehead atoms. The molecule has 21 heavy (non-hydrogen) atoms. The first-order chi connectivity index (χ1) is 10.0. The van der Waals surface area contributed by atoms with Gasteiger partial charge in [-0.2, -0.15) is 5.10 Å². The van der Waals surface area contributed by atoms with E-state index < -0.39 is 0 Å². The fourth-order valence-corrected chi connectivity index (χ4v) is 2.31. The van der Waals surface area contributed by atoms with Crippen molar-refractivity contribution in [2.75, 3.05) is 6.54 Å². The van der Waals surface area contributed by atoms with Crippen LogP contribution in [-0.4, -0.2) is 16.3 Å². The van der Waals surface area contributed by atoms with E-state index in [4.69, 9.17) is 4.74 Å². The third kappa shape index (κ3) is 3.64. The second-order valence-corrected chi connectivity index (χ2v) is 5.60. The molecule has 0 aliphatic carbocycles. The van der Waals surface area contributed by atoms with Crippen LogP contribution in [0.5, 0.6) is 11.6 Å². The summed E-state index contributed by atoms with van der Waals surface area (Å²) in [6.07, 6.45) is 0. The Kier molecular flexibility index (Phi) is 5.02. The molecule has 114 valence electrons. The summed E-state index contributed by atoms with van der Waals surface area (Å²) in [5.74, 6) is 2.17. The number of ether oxygens (including phenoxy) is 1. The second-order valence-electron chi connectivity index (χ2n) is 5.60. The lowest BCUT2D eigenvalue weighted by Gasteiger charge is -2.11. The fraction of sp³-hybridized carbons (Fsp3) is 0.471. The molecule has 0 amide bonds. The SMILES string of the molecule is CCNCc1c(C)nn(C)c1Oc1cccc(C(C)C)c1. The molecule has 0 saturated carbocycles. The minimum atomic E-state index is 0.489. The Labute approximate surface area is 127 Å². The van der Waals surface area contributed by atoms with Gasteiger partial charge in [0.05, 0.1) is 11.3 Å². The summed E-state index contributed by atoms with van der Waals surface area (Å²) in [4.78, 5) is 0. The normalized spacial score (nSPS) is 11.1. The molecular weight excluding hydrogens is 262 g/mol. The summed E-state index contributed by atoms with van der Waals surface area (Å²) in [6, 6.07) is 8.26. The summed E-state index contributed by atoms with van der Waals surface area (Å²) in [6.45, 7) is 10.2. The van der Waals surface area contributed by atoms with E-state index in [1.54, 1.807) is 0 Å². The van der Waals surface area contributed by atoms with E-state index in [9.17, 15) is 0 Å². The molecule has 1 N–H and O–H groups in total. The molecule has 0 fully saturated rings. The second kappa shape index (κ2) is 6.76. The van der Waals surface area contributed by atoms with Gasteiger partial charge in [-0.15, -0.1) is 0 Å². The standard InChI is InChI=1S/C17H25N3O/c1-6-18-11-16-13(4)19-20(5)17(16)21-15-9-7-8-14(10-15)12(2)3/h7-10,12,18H,6,11H2,1-5H3. The third-order valence-corrected chi connectivity index (χ3v) is 3.58. The highest BCUT2D eigenvalue weighted by Crippen LogP contribution is 2.29. The van der Waals surface area contributed by atoms with E-state index >= 15 is 0 Å². The maximum Gasteiger partial charge on any atom is 0.222 e. The maximum atomic E-state index is 6.11. The van der Waals surface area contributed by atoms with Crippen LogP contribution in [-0.2, 0) is 13.6 Å². The van der Waals surface area contributed by atoms with E-state index in [1.807, 2.05) is 30.8 Å². The van der Waals surface area contributed by atoms with Gasteiger partial charge in [0, 0.05) is 13.6 Å². The molecule has 1 heterocycles. The first-order valence-electron chi connectivity index (χ1n) is 7.54. The van der Waals surface area contributed by atoms with Crippen LogP contribution in [0.3, 0.4) is 0 Å². The molecule has 4 heteroatoms. The first-order valence-corrected chi connectivity index (χ1v) is 7.54. The van der Waals surface area contributed by atoms with Gasteiger partial charge in [-0.05, 0) is 37.1 Å². The van der Waals surface area contributed by atoms with Crippen LogP contribution in [0, 0.1) is 6.92 Å². The zero-order chi connectivity index (χ0) is 15.4. The highest BCUT2D eigenvalue weighted by Gasteiger charge is 2.15. The molecule has 0 saturated heterocycles. The van der Waals surface area contributed by atoms with Gasteiger partial charge in [-0.3, -0.25) is 0 Å². The van der Waals surface area contributed by atoms with E-state index in [0.717, 1.165) is 36.0 Å². The van der Waals surface area contributed by atoms with Crippen molar-refractivity contribution >= 4 is 0 Å². The summed E-state index contributed by atoms with van der Waals surface area (Å²) < 4.78 is 7.92. The number of aromatic nitrogens is 2. The number of hydrogen-bond donors (Lipinski definition) is 1. The molecule has 2 aromatic rings. The average Bonchev–Trinajstić information content (AvgIpc) is 2.71. The maximum absolute atomic E-state index is 6.11. The quantitative estimate of drug-likeness (QED) is 0.879. The van der Waals surface area contributed by atoms with E-state index in [1.165, 1.54) is 5.56 Å². The summed E-state index contributed by atoms with van der Waals surface area (Å²) >= 11 is 0. The van der Waals surface area contributed by atoms with Crippen LogP contribution in [0.1, 0.15) is 43.5 Å². The number of benzene rings is 1. The Morgan fingerprint density at radius 2 is 2.10 bits per heavy atom. The summed E-state index contributed by atoms with van der Waals surface area (Å²) in [7, 11) is 1.92. The van der Waals surface area contributed by atoms with Crippen molar-refractivity contribution in [1.29, 1.82) is 0 Å². The van der Waals surface area contributed by atoms with E-state index in [0.29, 0.717) is 5.92 Å². The minimum absolute atomic E-state index is 0.489. The third-order valence-electron chi connectivity index (χ3n) is 3.58. The van der Waals surface area contributed by atoms with Crippen molar-refractivity contribution in [2.45, 2.75) is 40.2 Å². The molecule has 0 atom stereocenters. The number of nitrogens with zero attached hydrogens (tertiary/aromatic N) is 2. The summed E-state index contributed by atoms with van der Waals surface area (Å²) in [5, 5.41) is 7.81. The van der Waals surface area contributed by atoms with Gasteiger partial charge in [0.25, 0.3) is 0 Å². The highest BCUT2D eigenvalue weighted by molar-refractivity contribution is 5.37. The molecule has 0 unspecified atom stereocenters. The zero-order valence-corrected chi connectivity index (χ0v) is 13.6. The number of aryl methyl sites for hydroxylation is 2. The van der Waals surface area contributed by atoms with Crippen molar-refractivity contribution in [3.63, 3.8) is 0 Å². The predicted molar refractivity (Wildman–Crippen MR) is 85.9 cm³/mol. The Morgan fingerprint density at radius 3 is 2.76 bits per heavy atom. The Hall–Kier alpha value is -1.81. The van der Waals surface area contributed by atoms with Gasteiger partial charge in [-0.1, -0.05) is 32.9 Å². The van der Waals surface area contributed by atoms with Crippen LogP contribution in [0.4, 0.5) is 0 Å². The predicted octanol–water partition coefficient (Wildman–Crippen LogP) is 3.75. The van der Waals surface area contributed by atoms with Crippen LogP contribution in [0.2, 0.25) is 0 Å². The molecule has 0 radical (unpaired) electrons. The van der Waals surface area contributed by atoms with Gasteiger partial charge in [-0.25, -0.2) is 4.68 Å². The lowest BCUT2D eigenvalue weighted by atomic mass is 10.0. The largest absolute Gasteiger partial charge is 0.439 e. The Bertz CT molecular complexity index is 602. The Morgan fingerprint density at radius 1 is 1.33 bits per heavy atom. The van der Waals surface area contributed by atoms with Crippen molar-refractivity contribution in [3.05, 3.63) is 41.1 Å². The minimum Gasteiger partial charge on any atom is -0.439 e. The molecule has 4 nitrogen and oxygen atoms in total. The molecule has 2 rings (SSSR count). The van der Waals surface area contributed by atoms with Gasteiger partial charge in [0.1, 0.15) is 5.75 Å². The average molecular weight is 287 g/mol. The van der Waals surface area contributed by atoms with E-state index in [2.05, 4.69) is 43.3 Å². The van der Waals surface area contributed by atoms with Crippen LogP contribution in [0.25, 0.3) is 0 Å². The lowest BCUT2D eigenvalue weighted by Crippen LogP contribution is -2.12. The lowest BCUT2D eigenvalue weighted by molar-refractivity contribution is 0.423. The van der Waals surface area contributed by atoms with Crippen molar-refractivity contribution in [2.24, 2.45) is 7.05 Å². The summed E-state index contributed by atoms with van der Waals surface area (Å²) in [5.41, 5.74) is 3.40.